The van der Waals surface area contributed by atoms with Crippen LogP contribution in [0.2, 0.25) is 0 Å². The Bertz CT molecular complexity index is 1790. The van der Waals surface area contributed by atoms with Gasteiger partial charge in [-0.25, -0.2) is 14.8 Å². The number of carbonyl (C=O) groups is 2. The summed E-state index contributed by atoms with van der Waals surface area (Å²) >= 11 is 0. The van der Waals surface area contributed by atoms with Crippen LogP contribution in [0, 0.1) is 17.0 Å². The van der Waals surface area contributed by atoms with Gasteiger partial charge in [-0.2, -0.15) is 0 Å². The van der Waals surface area contributed by atoms with Crippen LogP contribution in [0.1, 0.15) is 28.4 Å². The molecule has 3 aromatic carbocycles. The molecule has 194 valence electrons. The molecule has 0 atom stereocenters. The van der Waals surface area contributed by atoms with Crippen LogP contribution in [0.15, 0.2) is 78.9 Å². The predicted octanol–water partition coefficient (Wildman–Crippen LogP) is 5.62. The van der Waals surface area contributed by atoms with Crippen molar-refractivity contribution >= 4 is 51.7 Å². The van der Waals surface area contributed by atoms with Crippen LogP contribution in [0.25, 0.3) is 34.0 Å². The number of para-hydroxylation sites is 3. The molecule has 0 saturated carbocycles. The molecule has 2 aromatic heterocycles. The van der Waals surface area contributed by atoms with Gasteiger partial charge < -0.3 is 10.1 Å². The monoisotopic (exact) mass is 521 g/mol. The highest BCUT2D eigenvalue weighted by atomic mass is 16.6. The minimum Gasteiger partial charge on any atom is -0.462 e. The molecule has 10 nitrogen and oxygen atoms in total. The van der Waals surface area contributed by atoms with Gasteiger partial charge >= 0.3 is 5.97 Å². The van der Waals surface area contributed by atoms with E-state index in [0.717, 1.165) is 5.56 Å². The van der Waals surface area contributed by atoms with E-state index in [0.29, 0.717) is 27.9 Å². The Morgan fingerprint density at radius 1 is 1.03 bits per heavy atom. The molecular formula is C29H23N5O5. The first-order chi connectivity index (χ1) is 18.9. The van der Waals surface area contributed by atoms with E-state index in [-0.39, 0.29) is 29.2 Å². The number of nitro benzene ring substituents is 1. The fourth-order valence-corrected chi connectivity index (χ4v) is 4.28. The number of amides is 1. The van der Waals surface area contributed by atoms with Gasteiger partial charge in [-0.15, -0.1) is 0 Å². The van der Waals surface area contributed by atoms with Crippen molar-refractivity contribution in [2.24, 2.45) is 0 Å². The van der Waals surface area contributed by atoms with Crippen LogP contribution in [0.3, 0.4) is 0 Å². The highest BCUT2D eigenvalue weighted by Crippen LogP contribution is 2.34. The summed E-state index contributed by atoms with van der Waals surface area (Å²) < 4.78 is 7.05. The van der Waals surface area contributed by atoms with Crippen molar-refractivity contribution in [3.8, 4) is 5.69 Å². The summed E-state index contributed by atoms with van der Waals surface area (Å²) in [6, 6.07) is 20.7. The molecule has 5 rings (SSSR count). The van der Waals surface area contributed by atoms with Crippen molar-refractivity contribution in [3.05, 3.63) is 106 Å². The molecule has 1 amide bonds. The minimum atomic E-state index is -0.655. The standard InChI is InChI=1S/C29H23N5O5/c1-3-39-29(36)25-26-28(31-22-13-6-5-12-21(22)30-26)33(23-14-7-4-9-18(23)2)27(25)32-24(35)16-15-19-10-8-11-20(17-19)34(37)38/h4-17H,3H2,1-2H3,(H,32,35). The number of nitro groups is 1. The van der Waals surface area contributed by atoms with Gasteiger partial charge in [-0.1, -0.05) is 42.5 Å². The van der Waals surface area contributed by atoms with Crippen LogP contribution >= 0.6 is 0 Å². The van der Waals surface area contributed by atoms with E-state index in [1.54, 1.807) is 23.6 Å². The van der Waals surface area contributed by atoms with Crippen molar-refractivity contribution in [3.63, 3.8) is 0 Å². The summed E-state index contributed by atoms with van der Waals surface area (Å²) in [4.78, 5) is 46.6. The molecule has 2 heterocycles. The van der Waals surface area contributed by atoms with Crippen LogP contribution in [-0.2, 0) is 9.53 Å². The van der Waals surface area contributed by atoms with E-state index in [1.807, 2.05) is 49.4 Å². The zero-order valence-electron chi connectivity index (χ0n) is 21.1. The number of hydrogen-bond acceptors (Lipinski definition) is 7. The average molecular weight is 522 g/mol. The van der Waals surface area contributed by atoms with Gasteiger partial charge in [-0.3, -0.25) is 19.5 Å². The first kappa shape index (κ1) is 25.3. The fourth-order valence-electron chi connectivity index (χ4n) is 4.28. The molecule has 0 unspecified atom stereocenters. The lowest BCUT2D eigenvalue weighted by Crippen LogP contribution is -2.16. The van der Waals surface area contributed by atoms with Crippen LogP contribution < -0.4 is 5.32 Å². The Hall–Kier alpha value is -5.38. The van der Waals surface area contributed by atoms with Crippen molar-refractivity contribution in [1.82, 2.24) is 14.5 Å². The summed E-state index contributed by atoms with van der Waals surface area (Å²) in [7, 11) is 0. The maximum Gasteiger partial charge on any atom is 0.344 e. The van der Waals surface area contributed by atoms with Crippen LogP contribution in [-0.4, -0.2) is 37.9 Å². The zero-order valence-corrected chi connectivity index (χ0v) is 21.1. The second kappa shape index (κ2) is 10.5. The predicted molar refractivity (Wildman–Crippen MR) is 148 cm³/mol. The first-order valence-corrected chi connectivity index (χ1v) is 12.1. The maximum atomic E-state index is 13.3. The van der Waals surface area contributed by atoms with E-state index >= 15 is 0 Å². The van der Waals surface area contributed by atoms with Gasteiger partial charge in [0.05, 0.1) is 28.3 Å². The second-order valence-electron chi connectivity index (χ2n) is 8.63. The van der Waals surface area contributed by atoms with Crippen molar-refractivity contribution in [2.75, 3.05) is 11.9 Å². The fraction of sp³-hybridized carbons (Fsp3) is 0.103. The van der Waals surface area contributed by atoms with Gasteiger partial charge in [0, 0.05) is 18.2 Å². The molecule has 5 aromatic rings. The van der Waals surface area contributed by atoms with E-state index in [4.69, 9.17) is 14.7 Å². The van der Waals surface area contributed by atoms with Crippen molar-refractivity contribution < 1.29 is 19.2 Å². The minimum absolute atomic E-state index is 0.0745. The molecule has 10 heteroatoms. The number of carbonyl (C=O) groups excluding carboxylic acids is 2. The molecule has 0 spiro atoms. The number of nitrogens with one attached hydrogen (secondary N) is 1. The SMILES string of the molecule is CCOC(=O)c1c(NC(=O)C=Cc2cccc([N+](=O)[O-])c2)n(-c2ccccc2C)c2nc3ccccc3nc12. The Morgan fingerprint density at radius 2 is 1.74 bits per heavy atom. The Morgan fingerprint density at radius 3 is 2.46 bits per heavy atom. The number of nitrogens with zero attached hydrogens (tertiary/aromatic N) is 4. The van der Waals surface area contributed by atoms with E-state index < -0.39 is 16.8 Å². The number of fused-ring (bicyclic) bond motifs is 2. The summed E-state index contributed by atoms with van der Waals surface area (Å²) in [5, 5.41) is 13.9. The first-order valence-electron chi connectivity index (χ1n) is 12.1. The molecule has 0 aliphatic rings. The number of benzene rings is 3. The van der Waals surface area contributed by atoms with E-state index in [2.05, 4.69) is 5.32 Å². The lowest BCUT2D eigenvalue weighted by Gasteiger charge is -2.14. The number of non-ortho nitro benzene ring substituents is 1. The number of anilines is 1. The molecule has 39 heavy (non-hydrogen) atoms. The number of ether oxygens (including phenoxy) is 1. The number of esters is 1. The zero-order chi connectivity index (χ0) is 27.5. The Kier molecular flexibility index (Phi) is 6.83. The molecule has 0 saturated heterocycles. The normalized spacial score (nSPS) is 11.2. The molecule has 0 aliphatic heterocycles. The average Bonchev–Trinajstić information content (AvgIpc) is 3.23. The summed E-state index contributed by atoms with van der Waals surface area (Å²) in [5.41, 5.74) is 3.90. The third-order valence-electron chi connectivity index (χ3n) is 6.05. The Labute approximate surface area is 222 Å². The summed E-state index contributed by atoms with van der Waals surface area (Å²) in [5.74, 6) is -1.06. The lowest BCUT2D eigenvalue weighted by molar-refractivity contribution is -0.384. The molecular weight excluding hydrogens is 498 g/mol. The van der Waals surface area contributed by atoms with Crippen LogP contribution in [0.5, 0.6) is 0 Å². The quantitative estimate of drug-likeness (QED) is 0.127. The Balaban J connectivity index is 1.70. The van der Waals surface area contributed by atoms with Gasteiger partial charge in [0.25, 0.3) is 5.69 Å². The van der Waals surface area contributed by atoms with E-state index in [9.17, 15) is 19.7 Å². The summed E-state index contributed by atoms with van der Waals surface area (Å²) in [6.07, 6.45) is 2.70. The van der Waals surface area contributed by atoms with Gasteiger partial charge in [0.15, 0.2) is 5.65 Å². The number of aryl methyl sites for hydroxylation is 1. The smallest absolute Gasteiger partial charge is 0.344 e. The number of hydrogen-bond donors (Lipinski definition) is 1. The number of rotatable bonds is 7. The molecule has 0 fully saturated rings. The third-order valence-corrected chi connectivity index (χ3v) is 6.05. The van der Waals surface area contributed by atoms with Crippen molar-refractivity contribution in [2.45, 2.75) is 13.8 Å². The van der Waals surface area contributed by atoms with Crippen molar-refractivity contribution in [1.29, 1.82) is 0 Å². The van der Waals surface area contributed by atoms with Crippen LogP contribution in [0.4, 0.5) is 11.5 Å². The number of aromatic nitrogens is 3. The lowest BCUT2D eigenvalue weighted by atomic mass is 10.2. The van der Waals surface area contributed by atoms with Gasteiger partial charge in [-0.05, 0) is 49.2 Å². The molecule has 1 N–H and O–H groups in total. The highest BCUT2D eigenvalue weighted by Gasteiger charge is 2.28. The highest BCUT2D eigenvalue weighted by molar-refractivity contribution is 6.13. The molecule has 0 aliphatic carbocycles. The topological polar surface area (TPSA) is 129 Å². The van der Waals surface area contributed by atoms with Gasteiger partial charge in [0.2, 0.25) is 5.91 Å². The maximum absolute atomic E-state index is 13.3. The third kappa shape index (κ3) is 4.95. The van der Waals surface area contributed by atoms with Gasteiger partial charge in [0.1, 0.15) is 16.9 Å². The largest absolute Gasteiger partial charge is 0.462 e. The second-order valence-corrected chi connectivity index (χ2v) is 8.63. The molecule has 0 bridgehead atoms. The molecule has 0 radical (unpaired) electrons. The van der Waals surface area contributed by atoms with E-state index in [1.165, 1.54) is 30.4 Å². The summed E-state index contributed by atoms with van der Waals surface area (Å²) in [6.45, 7) is 3.73.